The summed E-state index contributed by atoms with van der Waals surface area (Å²) in [7, 11) is 4.18. The Kier molecular flexibility index (Phi) is 5.56. The summed E-state index contributed by atoms with van der Waals surface area (Å²) in [6.07, 6.45) is 0. The first-order valence-corrected chi connectivity index (χ1v) is 7.65. The van der Waals surface area contributed by atoms with Gasteiger partial charge in [-0.25, -0.2) is 4.39 Å². The Morgan fingerprint density at radius 1 is 1.24 bits per heavy atom. The zero-order valence-corrected chi connectivity index (χ0v) is 13.3. The molecule has 1 aromatic rings. The molecule has 2 rings (SSSR count). The Balaban J connectivity index is 2.02. The Bertz CT molecular complexity index is 454. The molecule has 21 heavy (non-hydrogen) atoms. The fraction of sp³-hybridized carbons (Fsp3) is 0.625. The van der Waals surface area contributed by atoms with Crippen molar-refractivity contribution >= 4 is 5.69 Å². The predicted octanol–water partition coefficient (Wildman–Crippen LogP) is 1.53. The highest BCUT2D eigenvalue weighted by atomic mass is 19.1. The Morgan fingerprint density at radius 3 is 2.48 bits per heavy atom. The van der Waals surface area contributed by atoms with Crippen molar-refractivity contribution in [3.05, 3.63) is 29.6 Å². The minimum atomic E-state index is -0.161. The highest BCUT2D eigenvalue weighted by molar-refractivity contribution is 5.56. The van der Waals surface area contributed by atoms with Crippen LogP contribution in [0.3, 0.4) is 0 Å². The van der Waals surface area contributed by atoms with E-state index in [4.69, 9.17) is 5.73 Å². The van der Waals surface area contributed by atoms with Crippen LogP contribution in [0.5, 0.6) is 0 Å². The Labute approximate surface area is 127 Å². The minimum absolute atomic E-state index is 0.150. The van der Waals surface area contributed by atoms with Crippen molar-refractivity contribution in [3.8, 4) is 0 Å². The molecule has 1 aliphatic rings. The Hall–Kier alpha value is -1.17. The van der Waals surface area contributed by atoms with Crippen LogP contribution >= 0.6 is 0 Å². The number of anilines is 1. The third kappa shape index (κ3) is 4.15. The zero-order valence-electron chi connectivity index (χ0n) is 13.3. The van der Waals surface area contributed by atoms with E-state index in [1.54, 1.807) is 6.07 Å². The van der Waals surface area contributed by atoms with Gasteiger partial charge in [-0.15, -0.1) is 0 Å². The molecule has 1 fully saturated rings. The SMILES string of the molecule is CC(N)c1cccc(F)c1N1CCN(CCN(C)C)CC1. The lowest BCUT2D eigenvalue weighted by atomic mass is 10.0. The molecular formula is C16H27FN4. The molecule has 0 amide bonds. The zero-order chi connectivity index (χ0) is 15.4. The first-order valence-electron chi connectivity index (χ1n) is 7.65. The van der Waals surface area contributed by atoms with Crippen molar-refractivity contribution in [3.63, 3.8) is 0 Å². The van der Waals surface area contributed by atoms with E-state index in [1.807, 2.05) is 13.0 Å². The van der Waals surface area contributed by atoms with Gasteiger partial charge in [0.15, 0.2) is 0 Å². The summed E-state index contributed by atoms with van der Waals surface area (Å²) in [5.41, 5.74) is 7.58. The fourth-order valence-electron chi connectivity index (χ4n) is 2.77. The van der Waals surface area contributed by atoms with Gasteiger partial charge in [0.25, 0.3) is 0 Å². The molecule has 118 valence electrons. The number of piperazine rings is 1. The molecule has 1 atom stereocenters. The number of hydrogen-bond donors (Lipinski definition) is 1. The molecule has 1 heterocycles. The molecule has 0 spiro atoms. The van der Waals surface area contributed by atoms with E-state index < -0.39 is 0 Å². The van der Waals surface area contributed by atoms with Crippen molar-refractivity contribution in [1.29, 1.82) is 0 Å². The first kappa shape index (κ1) is 16.2. The largest absolute Gasteiger partial charge is 0.366 e. The molecule has 0 bridgehead atoms. The highest BCUT2D eigenvalue weighted by Crippen LogP contribution is 2.29. The van der Waals surface area contributed by atoms with Crippen LogP contribution in [-0.4, -0.2) is 63.2 Å². The van der Waals surface area contributed by atoms with E-state index in [0.717, 1.165) is 44.8 Å². The van der Waals surface area contributed by atoms with Crippen molar-refractivity contribution in [2.45, 2.75) is 13.0 Å². The number of nitrogens with zero attached hydrogens (tertiary/aromatic N) is 3. The lowest BCUT2D eigenvalue weighted by molar-refractivity contribution is 0.229. The molecular weight excluding hydrogens is 267 g/mol. The van der Waals surface area contributed by atoms with E-state index in [1.165, 1.54) is 6.07 Å². The van der Waals surface area contributed by atoms with Crippen LogP contribution in [0.25, 0.3) is 0 Å². The summed E-state index contributed by atoms with van der Waals surface area (Å²) in [5.74, 6) is -0.161. The van der Waals surface area contributed by atoms with Gasteiger partial charge < -0.3 is 15.5 Å². The lowest BCUT2D eigenvalue weighted by Crippen LogP contribution is -2.48. The molecule has 4 nitrogen and oxygen atoms in total. The maximum atomic E-state index is 14.2. The van der Waals surface area contributed by atoms with Gasteiger partial charge in [0.2, 0.25) is 0 Å². The normalized spacial score (nSPS) is 18.3. The van der Waals surface area contributed by atoms with Gasteiger partial charge in [-0.2, -0.15) is 0 Å². The second-order valence-electron chi connectivity index (χ2n) is 6.10. The van der Waals surface area contributed by atoms with Crippen LogP contribution in [0.2, 0.25) is 0 Å². The molecule has 2 N–H and O–H groups in total. The molecule has 0 aromatic heterocycles. The van der Waals surface area contributed by atoms with Gasteiger partial charge in [0, 0.05) is 45.3 Å². The minimum Gasteiger partial charge on any atom is -0.366 e. The number of para-hydroxylation sites is 1. The second-order valence-corrected chi connectivity index (χ2v) is 6.10. The van der Waals surface area contributed by atoms with E-state index in [-0.39, 0.29) is 11.9 Å². The third-order valence-corrected chi connectivity index (χ3v) is 4.06. The maximum Gasteiger partial charge on any atom is 0.146 e. The summed E-state index contributed by atoms with van der Waals surface area (Å²) < 4.78 is 14.2. The third-order valence-electron chi connectivity index (χ3n) is 4.06. The maximum absolute atomic E-state index is 14.2. The molecule has 0 radical (unpaired) electrons. The van der Waals surface area contributed by atoms with Crippen molar-refractivity contribution in [2.24, 2.45) is 5.73 Å². The number of benzene rings is 1. The van der Waals surface area contributed by atoms with Crippen molar-refractivity contribution in [1.82, 2.24) is 9.80 Å². The quantitative estimate of drug-likeness (QED) is 0.893. The smallest absolute Gasteiger partial charge is 0.146 e. The van der Waals surface area contributed by atoms with Gasteiger partial charge in [-0.05, 0) is 32.6 Å². The van der Waals surface area contributed by atoms with Crippen molar-refractivity contribution < 1.29 is 4.39 Å². The molecule has 1 saturated heterocycles. The molecule has 1 aliphatic heterocycles. The molecule has 0 saturated carbocycles. The number of hydrogen-bond acceptors (Lipinski definition) is 4. The monoisotopic (exact) mass is 294 g/mol. The summed E-state index contributed by atoms with van der Waals surface area (Å²) >= 11 is 0. The van der Waals surface area contributed by atoms with Gasteiger partial charge in [0.1, 0.15) is 5.82 Å². The standard InChI is InChI=1S/C16H27FN4/c1-13(18)14-5-4-6-15(17)16(14)21-11-9-20(10-12-21)8-7-19(2)3/h4-6,13H,7-12,18H2,1-3H3. The van der Waals surface area contributed by atoms with Crippen LogP contribution in [-0.2, 0) is 0 Å². The average Bonchev–Trinajstić information content (AvgIpc) is 2.45. The van der Waals surface area contributed by atoms with E-state index >= 15 is 0 Å². The number of rotatable bonds is 5. The number of nitrogens with two attached hydrogens (primary N) is 1. The fourth-order valence-corrected chi connectivity index (χ4v) is 2.77. The summed E-state index contributed by atoms with van der Waals surface area (Å²) in [4.78, 5) is 6.76. The predicted molar refractivity (Wildman–Crippen MR) is 86.2 cm³/mol. The van der Waals surface area contributed by atoms with Gasteiger partial charge in [0.05, 0.1) is 5.69 Å². The summed E-state index contributed by atoms with van der Waals surface area (Å²) in [5, 5.41) is 0. The summed E-state index contributed by atoms with van der Waals surface area (Å²) in [6.45, 7) is 7.69. The van der Waals surface area contributed by atoms with Gasteiger partial charge in [-0.1, -0.05) is 12.1 Å². The topological polar surface area (TPSA) is 35.7 Å². The second kappa shape index (κ2) is 7.20. The van der Waals surface area contributed by atoms with Crippen LogP contribution in [0.1, 0.15) is 18.5 Å². The van der Waals surface area contributed by atoms with Crippen LogP contribution in [0, 0.1) is 5.82 Å². The molecule has 1 unspecified atom stereocenters. The van der Waals surface area contributed by atoms with Gasteiger partial charge in [-0.3, -0.25) is 4.90 Å². The molecule has 5 heteroatoms. The number of likely N-dealkylation sites (N-methyl/N-ethyl adjacent to an activating group) is 1. The summed E-state index contributed by atoms with van der Waals surface area (Å²) in [6, 6.07) is 5.05. The number of halogens is 1. The van der Waals surface area contributed by atoms with Crippen LogP contribution in [0.15, 0.2) is 18.2 Å². The highest BCUT2D eigenvalue weighted by Gasteiger charge is 2.22. The average molecular weight is 294 g/mol. The first-order chi connectivity index (χ1) is 9.99. The van der Waals surface area contributed by atoms with Crippen LogP contribution in [0.4, 0.5) is 10.1 Å². The molecule has 0 aliphatic carbocycles. The van der Waals surface area contributed by atoms with E-state index in [2.05, 4.69) is 28.8 Å². The van der Waals surface area contributed by atoms with E-state index in [0.29, 0.717) is 5.69 Å². The van der Waals surface area contributed by atoms with Gasteiger partial charge >= 0.3 is 0 Å². The lowest BCUT2D eigenvalue weighted by Gasteiger charge is -2.37. The Morgan fingerprint density at radius 2 is 1.90 bits per heavy atom. The molecule has 1 aromatic carbocycles. The van der Waals surface area contributed by atoms with Crippen LogP contribution < -0.4 is 10.6 Å². The van der Waals surface area contributed by atoms with Crippen molar-refractivity contribution in [2.75, 3.05) is 58.3 Å². The van der Waals surface area contributed by atoms with E-state index in [9.17, 15) is 4.39 Å².